The number of alkyl halides is 3. The van der Waals surface area contributed by atoms with Gasteiger partial charge in [0.15, 0.2) is 0 Å². The molecule has 1 rings (SSSR count). The Balaban J connectivity index is 2.29. The van der Waals surface area contributed by atoms with Crippen LogP contribution < -0.4 is 5.32 Å². The summed E-state index contributed by atoms with van der Waals surface area (Å²) in [4.78, 5) is 7.63. The third-order valence-electron chi connectivity index (χ3n) is 1.89. The molecule has 1 aromatic rings. The van der Waals surface area contributed by atoms with Gasteiger partial charge in [0.2, 0.25) is 5.28 Å². The van der Waals surface area contributed by atoms with Gasteiger partial charge in [-0.2, -0.15) is 18.2 Å². The van der Waals surface area contributed by atoms with Gasteiger partial charge in [-0.3, -0.25) is 0 Å². The Morgan fingerprint density at radius 3 is 2.71 bits per heavy atom. The second-order valence-electron chi connectivity index (χ2n) is 3.33. The molecule has 3 nitrogen and oxygen atoms in total. The van der Waals surface area contributed by atoms with Gasteiger partial charge < -0.3 is 5.32 Å². The molecule has 0 spiro atoms. The Morgan fingerprint density at radius 1 is 1.35 bits per heavy atom. The quantitative estimate of drug-likeness (QED) is 0.653. The highest BCUT2D eigenvalue weighted by Crippen LogP contribution is 2.23. The third kappa shape index (κ3) is 6.07. The molecule has 0 radical (unpaired) electrons. The first kappa shape index (κ1) is 14.5. The fourth-order valence-corrected chi connectivity index (χ4v) is 1.59. The molecule has 96 valence electrons. The molecule has 0 fully saturated rings. The minimum Gasteiger partial charge on any atom is -0.369 e. The first-order valence-electron chi connectivity index (χ1n) is 4.87. The number of rotatable bonds is 5. The molecule has 0 amide bonds. The number of hydrogen-bond acceptors (Lipinski definition) is 3. The van der Waals surface area contributed by atoms with Crippen LogP contribution in [0, 0.1) is 0 Å². The Hall–Kier alpha value is -0.560. The van der Waals surface area contributed by atoms with Gasteiger partial charge in [0.05, 0.1) is 4.47 Å². The predicted octanol–water partition coefficient (Wildman–Crippen LogP) is 4.04. The summed E-state index contributed by atoms with van der Waals surface area (Å²) >= 11 is 8.79. The molecule has 17 heavy (non-hydrogen) atoms. The SMILES string of the molecule is FC(F)(F)CCCCNc1nc(Cl)ncc1Br. The minimum atomic E-state index is -4.08. The van der Waals surface area contributed by atoms with E-state index < -0.39 is 12.6 Å². The number of unbranched alkanes of at least 4 members (excludes halogenated alkanes) is 1. The van der Waals surface area contributed by atoms with Crippen molar-refractivity contribution in [2.75, 3.05) is 11.9 Å². The number of halogens is 5. The monoisotopic (exact) mass is 331 g/mol. The lowest BCUT2D eigenvalue weighted by atomic mass is 10.2. The summed E-state index contributed by atoms with van der Waals surface area (Å²) in [6, 6.07) is 0. The number of aromatic nitrogens is 2. The minimum absolute atomic E-state index is 0.0889. The van der Waals surface area contributed by atoms with Gasteiger partial charge >= 0.3 is 6.18 Å². The molecule has 0 aliphatic carbocycles. The fourth-order valence-electron chi connectivity index (χ4n) is 1.13. The zero-order valence-corrected chi connectivity index (χ0v) is 11.0. The van der Waals surface area contributed by atoms with Crippen LogP contribution in [0.5, 0.6) is 0 Å². The van der Waals surface area contributed by atoms with Crippen LogP contribution in [0.2, 0.25) is 5.28 Å². The van der Waals surface area contributed by atoms with E-state index in [0.717, 1.165) is 0 Å². The zero-order chi connectivity index (χ0) is 12.9. The average molecular weight is 333 g/mol. The van der Waals surface area contributed by atoms with E-state index in [1.165, 1.54) is 6.20 Å². The summed E-state index contributed by atoms with van der Waals surface area (Å²) in [5, 5.41) is 2.98. The predicted molar refractivity (Wildman–Crippen MR) is 63.1 cm³/mol. The molecule has 0 aliphatic heterocycles. The first-order valence-corrected chi connectivity index (χ1v) is 6.04. The van der Waals surface area contributed by atoms with Crippen molar-refractivity contribution in [3.05, 3.63) is 16.0 Å². The molecule has 1 N–H and O–H groups in total. The maximum Gasteiger partial charge on any atom is 0.389 e. The van der Waals surface area contributed by atoms with E-state index in [9.17, 15) is 13.2 Å². The molecule has 0 saturated heterocycles. The van der Waals surface area contributed by atoms with Crippen LogP contribution in [0.3, 0.4) is 0 Å². The molecule has 0 saturated carbocycles. The van der Waals surface area contributed by atoms with E-state index in [4.69, 9.17) is 11.6 Å². The van der Waals surface area contributed by atoms with Crippen molar-refractivity contribution in [2.45, 2.75) is 25.4 Å². The van der Waals surface area contributed by atoms with E-state index in [1.807, 2.05) is 0 Å². The highest BCUT2D eigenvalue weighted by Gasteiger charge is 2.25. The molecule has 8 heteroatoms. The molecule has 1 heterocycles. The van der Waals surface area contributed by atoms with Crippen LogP contribution in [0.1, 0.15) is 19.3 Å². The lowest BCUT2D eigenvalue weighted by Gasteiger charge is -2.08. The number of nitrogens with zero attached hydrogens (tertiary/aromatic N) is 2. The van der Waals surface area contributed by atoms with Gasteiger partial charge in [0.1, 0.15) is 5.82 Å². The Morgan fingerprint density at radius 2 is 2.06 bits per heavy atom. The lowest BCUT2D eigenvalue weighted by Crippen LogP contribution is -2.09. The van der Waals surface area contributed by atoms with Crippen LogP contribution in [-0.2, 0) is 0 Å². The molecular weight excluding hydrogens is 322 g/mol. The van der Waals surface area contributed by atoms with Gasteiger partial charge in [-0.25, -0.2) is 4.98 Å². The van der Waals surface area contributed by atoms with Gasteiger partial charge in [-0.1, -0.05) is 0 Å². The summed E-state index contributed by atoms with van der Waals surface area (Å²) in [5.41, 5.74) is 0. The lowest BCUT2D eigenvalue weighted by molar-refractivity contribution is -0.135. The maximum absolute atomic E-state index is 11.9. The Bertz CT molecular complexity index is 373. The van der Waals surface area contributed by atoms with Gasteiger partial charge in [-0.05, 0) is 40.4 Å². The van der Waals surface area contributed by atoms with E-state index in [2.05, 4.69) is 31.2 Å². The first-order chi connectivity index (χ1) is 7.88. The number of nitrogens with one attached hydrogen (secondary N) is 1. The fraction of sp³-hybridized carbons (Fsp3) is 0.556. The van der Waals surface area contributed by atoms with Crippen molar-refractivity contribution in [1.82, 2.24) is 9.97 Å². The van der Waals surface area contributed by atoms with Crippen LogP contribution in [-0.4, -0.2) is 22.7 Å². The molecule has 0 atom stereocenters. The third-order valence-corrected chi connectivity index (χ3v) is 2.66. The largest absolute Gasteiger partial charge is 0.389 e. The van der Waals surface area contributed by atoms with Crippen molar-refractivity contribution in [2.24, 2.45) is 0 Å². The molecule has 0 bridgehead atoms. The molecule has 0 unspecified atom stereocenters. The van der Waals surface area contributed by atoms with Crippen LogP contribution in [0.4, 0.5) is 19.0 Å². The van der Waals surface area contributed by atoms with Gasteiger partial charge in [0.25, 0.3) is 0 Å². The second-order valence-corrected chi connectivity index (χ2v) is 4.53. The Labute approximate surface area is 110 Å². The number of hydrogen-bond donors (Lipinski definition) is 1. The zero-order valence-electron chi connectivity index (χ0n) is 8.69. The molecular formula is C9H10BrClF3N3. The maximum atomic E-state index is 11.9. The smallest absolute Gasteiger partial charge is 0.369 e. The van der Waals surface area contributed by atoms with Crippen molar-refractivity contribution < 1.29 is 13.2 Å². The van der Waals surface area contributed by atoms with Crippen molar-refractivity contribution in [3.8, 4) is 0 Å². The molecule has 1 aromatic heterocycles. The van der Waals surface area contributed by atoms with Crippen molar-refractivity contribution >= 4 is 33.3 Å². The van der Waals surface area contributed by atoms with E-state index in [-0.39, 0.29) is 11.7 Å². The molecule has 0 aromatic carbocycles. The standard InChI is InChI=1S/C9H10BrClF3N3/c10-6-5-16-8(11)17-7(6)15-4-2-1-3-9(12,13)14/h5H,1-4H2,(H,15,16,17). The van der Waals surface area contributed by atoms with Crippen LogP contribution in [0.25, 0.3) is 0 Å². The van der Waals surface area contributed by atoms with E-state index in [0.29, 0.717) is 23.3 Å². The topological polar surface area (TPSA) is 37.8 Å². The van der Waals surface area contributed by atoms with E-state index in [1.54, 1.807) is 0 Å². The highest BCUT2D eigenvalue weighted by molar-refractivity contribution is 9.10. The summed E-state index contributed by atoms with van der Waals surface area (Å²) in [5.74, 6) is 0.483. The average Bonchev–Trinajstić information content (AvgIpc) is 2.21. The second kappa shape index (κ2) is 6.39. The Kier molecular flexibility index (Phi) is 5.45. The number of anilines is 1. The van der Waals surface area contributed by atoms with Crippen LogP contribution in [0.15, 0.2) is 10.7 Å². The highest BCUT2D eigenvalue weighted by atomic mass is 79.9. The molecule has 0 aliphatic rings. The van der Waals surface area contributed by atoms with Crippen molar-refractivity contribution in [1.29, 1.82) is 0 Å². The summed E-state index contributed by atoms with van der Waals surface area (Å²) in [6.45, 7) is 0.405. The van der Waals surface area contributed by atoms with E-state index >= 15 is 0 Å². The summed E-state index contributed by atoms with van der Waals surface area (Å²) in [7, 11) is 0. The summed E-state index contributed by atoms with van der Waals surface area (Å²) < 4.78 is 36.2. The normalized spacial score (nSPS) is 11.6. The van der Waals surface area contributed by atoms with Gasteiger partial charge in [0, 0.05) is 19.2 Å². The van der Waals surface area contributed by atoms with Gasteiger partial charge in [-0.15, -0.1) is 0 Å². The van der Waals surface area contributed by atoms with Crippen LogP contribution >= 0.6 is 27.5 Å². The summed E-state index contributed by atoms with van der Waals surface area (Å²) in [6.07, 6.45) is -2.87. The van der Waals surface area contributed by atoms with Crippen molar-refractivity contribution in [3.63, 3.8) is 0 Å².